The average Bonchev–Trinajstić information content (AvgIpc) is 2.17. The van der Waals surface area contributed by atoms with Gasteiger partial charge in [-0.3, -0.25) is 4.79 Å². The van der Waals surface area contributed by atoms with Gasteiger partial charge in [0.15, 0.2) is 0 Å². The molecule has 0 fully saturated rings. The number of rotatable bonds is 2. The summed E-state index contributed by atoms with van der Waals surface area (Å²) >= 11 is 5.71. The molecule has 1 rings (SSSR count). The van der Waals surface area contributed by atoms with E-state index in [2.05, 4.69) is 16.8 Å². The van der Waals surface area contributed by atoms with Crippen molar-refractivity contribution in [1.82, 2.24) is 4.98 Å². The van der Waals surface area contributed by atoms with Gasteiger partial charge in [0.25, 0.3) is 0 Å². The number of nitrogens with zero attached hydrogens (tertiary/aromatic N) is 1. The third-order valence-corrected chi connectivity index (χ3v) is 1.68. The van der Waals surface area contributed by atoms with Crippen LogP contribution in [0, 0.1) is 11.8 Å². The quantitative estimate of drug-likeness (QED) is 0.777. The fourth-order valence-electron chi connectivity index (χ4n) is 0.894. The van der Waals surface area contributed by atoms with Gasteiger partial charge >= 0.3 is 5.97 Å². The molecule has 0 saturated carbocycles. The number of aromatic nitrogens is 1. The summed E-state index contributed by atoms with van der Waals surface area (Å²) in [4.78, 5) is 14.1. The van der Waals surface area contributed by atoms with E-state index in [-0.39, 0.29) is 6.42 Å². The lowest BCUT2D eigenvalue weighted by Crippen LogP contribution is -1.93. The molecule has 4 nitrogen and oxygen atoms in total. The molecule has 1 aromatic rings. The molecule has 1 aromatic heterocycles. The van der Waals surface area contributed by atoms with Crippen LogP contribution in [0.2, 0.25) is 5.02 Å². The molecule has 0 amide bonds. The van der Waals surface area contributed by atoms with Crippen LogP contribution in [-0.2, 0) is 4.79 Å². The SMILES string of the molecule is COc1ncc(Cl)cc1C#CCC(=O)O. The zero-order chi connectivity index (χ0) is 11.3. The average molecular weight is 226 g/mol. The summed E-state index contributed by atoms with van der Waals surface area (Å²) in [6.45, 7) is 0. The molecule has 0 saturated heterocycles. The second-order valence-corrected chi connectivity index (χ2v) is 3.02. The van der Waals surface area contributed by atoms with E-state index in [0.717, 1.165) is 0 Å². The maximum absolute atomic E-state index is 10.2. The topological polar surface area (TPSA) is 59.4 Å². The second kappa shape index (κ2) is 5.23. The van der Waals surface area contributed by atoms with Crippen molar-refractivity contribution in [3.63, 3.8) is 0 Å². The van der Waals surface area contributed by atoms with Crippen LogP contribution in [0.15, 0.2) is 12.3 Å². The molecule has 0 bridgehead atoms. The molecule has 15 heavy (non-hydrogen) atoms. The van der Waals surface area contributed by atoms with Crippen LogP contribution in [-0.4, -0.2) is 23.2 Å². The first kappa shape index (κ1) is 11.3. The van der Waals surface area contributed by atoms with E-state index in [9.17, 15) is 4.79 Å². The van der Waals surface area contributed by atoms with E-state index in [1.807, 2.05) is 0 Å². The number of methoxy groups -OCH3 is 1. The van der Waals surface area contributed by atoms with Gasteiger partial charge in [-0.15, -0.1) is 0 Å². The van der Waals surface area contributed by atoms with Gasteiger partial charge in [0.05, 0.1) is 17.7 Å². The van der Waals surface area contributed by atoms with Crippen molar-refractivity contribution in [2.45, 2.75) is 6.42 Å². The molecule has 78 valence electrons. The number of pyridine rings is 1. The van der Waals surface area contributed by atoms with Gasteiger partial charge in [0, 0.05) is 6.20 Å². The number of carbonyl (C=O) groups is 1. The lowest BCUT2D eigenvalue weighted by Gasteiger charge is -2.00. The number of ether oxygens (including phenoxy) is 1. The van der Waals surface area contributed by atoms with Crippen LogP contribution in [0.3, 0.4) is 0 Å². The minimum Gasteiger partial charge on any atom is -0.481 e. The maximum Gasteiger partial charge on any atom is 0.315 e. The highest BCUT2D eigenvalue weighted by Crippen LogP contribution is 2.17. The Bertz CT molecular complexity index is 434. The van der Waals surface area contributed by atoms with Crippen molar-refractivity contribution in [3.8, 4) is 17.7 Å². The molecule has 1 N–H and O–H groups in total. The fourth-order valence-corrected chi connectivity index (χ4v) is 1.05. The summed E-state index contributed by atoms with van der Waals surface area (Å²) < 4.78 is 4.94. The smallest absolute Gasteiger partial charge is 0.315 e. The number of aliphatic carboxylic acids is 1. The second-order valence-electron chi connectivity index (χ2n) is 2.58. The first-order valence-electron chi connectivity index (χ1n) is 4.03. The van der Waals surface area contributed by atoms with Crippen LogP contribution in [0.1, 0.15) is 12.0 Å². The molecule has 0 aromatic carbocycles. The summed E-state index contributed by atoms with van der Waals surface area (Å²) in [5, 5.41) is 8.82. The summed E-state index contributed by atoms with van der Waals surface area (Å²) in [5.74, 6) is 4.46. The molecular weight excluding hydrogens is 218 g/mol. The van der Waals surface area contributed by atoms with E-state index in [1.54, 1.807) is 6.07 Å². The van der Waals surface area contributed by atoms with Crippen LogP contribution in [0.5, 0.6) is 5.88 Å². The van der Waals surface area contributed by atoms with Gasteiger partial charge in [0.1, 0.15) is 6.42 Å². The predicted molar refractivity (Wildman–Crippen MR) is 54.9 cm³/mol. The summed E-state index contributed by atoms with van der Waals surface area (Å²) in [6, 6.07) is 1.57. The van der Waals surface area contributed by atoms with Crippen LogP contribution >= 0.6 is 11.6 Å². The maximum atomic E-state index is 10.2. The monoisotopic (exact) mass is 225 g/mol. The summed E-state index contributed by atoms with van der Waals surface area (Å²) in [6.07, 6.45) is 1.21. The molecule has 0 aliphatic carbocycles. The van der Waals surface area contributed by atoms with Gasteiger partial charge in [-0.25, -0.2) is 4.98 Å². The Balaban J connectivity index is 2.94. The Morgan fingerprint density at radius 3 is 3.07 bits per heavy atom. The Kier molecular flexibility index (Phi) is 3.95. The Morgan fingerprint density at radius 2 is 2.47 bits per heavy atom. The summed E-state index contributed by atoms with van der Waals surface area (Å²) in [5.41, 5.74) is 0.478. The van der Waals surface area contributed by atoms with Gasteiger partial charge < -0.3 is 9.84 Å². The highest BCUT2D eigenvalue weighted by molar-refractivity contribution is 6.30. The first-order valence-corrected chi connectivity index (χ1v) is 4.41. The number of halogens is 1. The fraction of sp³-hybridized carbons (Fsp3) is 0.200. The zero-order valence-electron chi connectivity index (χ0n) is 7.95. The highest BCUT2D eigenvalue weighted by Gasteiger charge is 2.02. The van der Waals surface area contributed by atoms with Crippen molar-refractivity contribution in [3.05, 3.63) is 22.8 Å². The number of hydrogen-bond donors (Lipinski definition) is 1. The molecule has 0 spiro atoms. The number of carboxylic acid groups (broad SMARTS) is 1. The number of carboxylic acids is 1. The minimum atomic E-state index is -0.976. The normalized spacial score (nSPS) is 8.93. The molecule has 0 unspecified atom stereocenters. The van der Waals surface area contributed by atoms with E-state index in [1.165, 1.54) is 13.3 Å². The predicted octanol–water partition coefficient (Wildman–Crippen LogP) is 1.57. The number of hydrogen-bond acceptors (Lipinski definition) is 3. The van der Waals surface area contributed by atoms with Gasteiger partial charge in [-0.1, -0.05) is 23.4 Å². The standard InChI is InChI=1S/C10H8ClNO3/c1-15-10-7(3-2-4-9(13)14)5-8(11)6-12-10/h5-6H,4H2,1H3,(H,13,14). The van der Waals surface area contributed by atoms with Crippen molar-refractivity contribution in [1.29, 1.82) is 0 Å². The molecule has 0 radical (unpaired) electrons. The van der Waals surface area contributed by atoms with E-state index in [0.29, 0.717) is 16.5 Å². The van der Waals surface area contributed by atoms with E-state index >= 15 is 0 Å². The minimum absolute atomic E-state index is 0.227. The van der Waals surface area contributed by atoms with Crippen LogP contribution in [0.25, 0.3) is 0 Å². The lowest BCUT2D eigenvalue weighted by atomic mass is 10.2. The first-order chi connectivity index (χ1) is 7.13. The molecule has 0 atom stereocenters. The highest BCUT2D eigenvalue weighted by atomic mass is 35.5. The van der Waals surface area contributed by atoms with Gasteiger partial charge in [0.2, 0.25) is 5.88 Å². The van der Waals surface area contributed by atoms with Gasteiger partial charge in [-0.05, 0) is 6.07 Å². The summed E-state index contributed by atoms with van der Waals surface area (Å²) in [7, 11) is 1.46. The molecular formula is C10H8ClNO3. The Labute approximate surface area is 91.8 Å². The molecule has 0 aliphatic rings. The molecule has 5 heteroatoms. The molecule has 0 aliphatic heterocycles. The van der Waals surface area contributed by atoms with Gasteiger partial charge in [-0.2, -0.15) is 0 Å². The molecule has 1 heterocycles. The van der Waals surface area contributed by atoms with Crippen LogP contribution in [0.4, 0.5) is 0 Å². The van der Waals surface area contributed by atoms with Crippen LogP contribution < -0.4 is 4.74 Å². The third kappa shape index (κ3) is 3.49. The van der Waals surface area contributed by atoms with Crippen molar-refractivity contribution in [2.75, 3.05) is 7.11 Å². The lowest BCUT2D eigenvalue weighted by molar-refractivity contribution is -0.135. The van der Waals surface area contributed by atoms with E-state index in [4.69, 9.17) is 21.4 Å². The van der Waals surface area contributed by atoms with Crippen molar-refractivity contribution < 1.29 is 14.6 Å². The largest absolute Gasteiger partial charge is 0.481 e. The van der Waals surface area contributed by atoms with Crippen molar-refractivity contribution >= 4 is 17.6 Å². The van der Waals surface area contributed by atoms with E-state index < -0.39 is 5.97 Å². The van der Waals surface area contributed by atoms with Crippen molar-refractivity contribution in [2.24, 2.45) is 0 Å². The zero-order valence-corrected chi connectivity index (χ0v) is 8.71. The Hall–Kier alpha value is -1.73. The Morgan fingerprint density at radius 1 is 1.73 bits per heavy atom. The third-order valence-electron chi connectivity index (χ3n) is 1.47.